The molecule has 1 fully saturated rings. The van der Waals surface area contributed by atoms with Crippen molar-refractivity contribution < 1.29 is 14.0 Å². The van der Waals surface area contributed by atoms with Crippen LogP contribution < -0.4 is 5.32 Å². The van der Waals surface area contributed by atoms with Crippen molar-refractivity contribution in [1.82, 2.24) is 19.6 Å². The second-order valence-electron chi connectivity index (χ2n) is 7.47. The van der Waals surface area contributed by atoms with Gasteiger partial charge in [0.1, 0.15) is 11.5 Å². The molecule has 0 radical (unpaired) electrons. The van der Waals surface area contributed by atoms with Crippen LogP contribution in [0.25, 0.3) is 5.65 Å². The Kier molecular flexibility index (Phi) is 5.29. The number of aromatic nitrogens is 2. The zero-order valence-corrected chi connectivity index (χ0v) is 16.3. The summed E-state index contributed by atoms with van der Waals surface area (Å²) in [5.41, 5.74) is 3.18. The summed E-state index contributed by atoms with van der Waals surface area (Å²) in [5, 5.41) is 2.93. The van der Waals surface area contributed by atoms with E-state index >= 15 is 0 Å². The smallest absolute Gasteiger partial charge is 0.225 e. The molecular formula is C22H23FN4O2. The number of amides is 2. The minimum Gasteiger partial charge on any atom is -0.350 e. The first-order valence-electron chi connectivity index (χ1n) is 9.73. The summed E-state index contributed by atoms with van der Waals surface area (Å²) < 4.78 is 15.9. The third-order valence-electron chi connectivity index (χ3n) is 5.36. The van der Waals surface area contributed by atoms with Gasteiger partial charge in [-0.2, -0.15) is 0 Å². The normalized spacial score (nSPS) is 17.0. The van der Waals surface area contributed by atoms with Gasteiger partial charge in [-0.1, -0.05) is 24.3 Å². The number of imidazole rings is 1. The van der Waals surface area contributed by atoms with E-state index in [1.54, 1.807) is 23.1 Å². The van der Waals surface area contributed by atoms with Gasteiger partial charge in [0, 0.05) is 37.5 Å². The largest absolute Gasteiger partial charge is 0.350 e. The van der Waals surface area contributed by atoms with Crippen LogP contribution in [0.5, 0.6) is 0 Å². The molecule has 0 bridgehead atoms. The molecule has 2 amide bonds. The van der Waals surface area contributed by atoms with Gasteiger partial charge in [0.05, 0.1) is 18.2 Å². The minimum absolute atomic E-state index is 0.0480. The quantitative estimate of drug-likeness (QED) is 0.724. The summed E-state index contributed by atoms with van der Waals surface area (Å²) >= 11 is 0. The third-order valence-corrected chi connectivity index (χ3v) is 5.36. The van der Waals surface area contributed by atoms with Crippen molar-refractivity contribution in [1.29, 1.82) is 0 Å². The van der Waals surface area contributed by atoms with Gasteiger partial charge in [0.2, 0.25) is 11.8 Å². The van der Waals surface area contributed by atoms with Crippen LogP contribution in [0.3, 0.4) is 0 Å². The molecule has 1 N–H and O–H groups in total. The Morgan fingerprint density at radius 3 is 2.90 bits per heavy atom. The maximum absolute atomic E-state index is 13.9. The molecule has 7 heteroatoms. The number of piperidine rings is 1. The molecule has 0 unspecified atom stereocenters. The van der Waals surface area contributed by atoms with E-state index < -0.39 is 0 Å². The maximum atomic E-state index is 13.9. The summed E-state index contributed by atoms with van der Waals surface area (Å²) in [7, 11) is 0. The Bertz CT molecular complexity index is 1060. The predicted molar refractivity (Wildman–Crippen MR) is 106 cm³/mol. The first kappa shape index (κ1) is 19.1. The van der Waals surface area contributed by atoms with Crippen LogP contribution in [0.2, 0.25) is 0 Å². The molecule has 29 heavy (non-hydrogen) atoms. The highest BCUT2D eigenvalue weighted by Crippen LogP contribution is 2.21. The fourth-order valence-electron chi connectivity index (χ4n) is 3.73. The van der Waals surface area contributed by atoms with E-state index in [0.29, 0.717) is 31.5 Å². The lowest BCUT2D eigenvalue weighted by Gasteiger charge is -2.32. The van der Waals surface area contributed by atoms with Crippen molar-refractivity contribution in [3.05, 3.63) is 71.4 Å². The number of likely N-dealkylation sites (tertiary alicyclic amines) is 1. The number of hydrogen-bond acceptors (Lipinski definition) is 3. The number of benzene rings is 1. The van der Waals surface area contributed by atoms with Crippen molar-refractivity contribution in [3.63, 3.8) is 0 Å². The lowest BCUT2D eigenvalue weighted by Crippen LogP contribution is -2.45. The molecule has 0 saturated carbocycles. The van der Waals surface area contributed by atoms with Gasteiger partial charge in [-0.05, 0) is 31.0 Å². The van der Waals surface area contributed by atoms with Crippen molar-refractivity contribution in [2.24, 2.45) is 5.92 Å². The Labute approximate surface area is 168 Å². The SMILES string of the molecule is Cc1cccn2cc(CNC(=O)[C@H]3CCC(=O)N(Cc4ccccc4F)C3)nc12. The molecule has 6 nitrogen and oxygen atoms in total. The summed E-state index contributed by atoms with van der Waals surface area (Å²) in [4.78, 5) is 31.0. The van der Waals surface area contributed by atoms with E-state index in [0.717, 1.165) is 16.9 Å². The standard InChI is InChI=1S/C22H23FN4O2/c1-15-5-4-10-26-14-18(25-21(15)26)11-24-22(29)17-8-9-20(28)27(13-17)12-16-6-2-3-7-19(16)23/h2-7,10,14,17H,8-9,11-13H2,1H3,(H,24,29)/t17-/m0/s1. The molecule has 0 aliphatic carbocycles. The molecule has 3 heterocycles. The number of carbonyl (C=O) groups is 2. The molecule has 1 aromatic carbocycles. The Balaban J connectivity index is 1.38. The van der Waals surface area contributed by atoms with Crippen molar-refractivity contribution in [2.75, 3.05) is 6.54 Å². The van der Waals surface area contributed by atoms with Crippen LogP contribution >= 0.6 is 0 Å². The number of rotatable bonds is 5. The number of nitrogens with one attached hydrogen (secondary N) is 1. The van der Waals surface area contributed by atoms with Crippen LogP contribution in [-0.2, 0) is 22.7 Å². The number of nitrogens with zero attached hydrogens (tertiary/aromatic N) is 3. The highest BCUT2D eigenvalue weighted by molar-refractivity contribution is 5.83. The minimum atomic E-state index is -0.339. The highest BCUT2D eigenvalue weighted by atomic mass is 19.1. The Hall–Kier alpha value is -3.22. The number of fused-ring (bicyclic) bond motifs is 1. The van der Waals surface area contributed by atoms with Crippen LogP contribution in [0.4, 0.5) is 4.39 Å². The van der Waals surface area contributed by atoms with Gasteiger partial charge < -0.3 is 14.6 Å². The van der Waals surface area contributed by atoms with E-state index in [1.807, 2.05) is 35.9 Å². The predicted octanol–water partition coefficient (Wildman–Crippen LogP) is 2.84. The molecule has 1 saturated heterocycles. The molecule has 2 aromatic heterocycles. The first-order chi connectivity index (χ1) is 14.0. The average Bonchev–Trinajstić information content (AvgIpc) is 3.14. The topological polar surface area (TPSA) is 66.7 Å². The number of pyridine rings is 1. The van der Waals surface area contributed by atoms with E-state index in [-0.39, 0.29) is 30.1 Å². The van der Waals surface area contributed by atoms with Gasteiger partial charge in [-0.3, -0.25) is 9.59 Å². The number of halogens is 1. The molecule has 0 spiro atoms. The van der Waals surface area contributed by atoms with Gasteiger partial charge in [-0.25, -0.2) is 9.37 Å². The third kappa shape index (κ3) is 4.13. The molecule has 150 valence electrons. The lowest BCUT2D eigenvalue weighted by atomic mass is 9.96. The van der Waals surface area contributed by atoms with E-state index in [9.17, 15) is 14.0 Å². The zero-order valence-electron chi connectivity index (χ0n) is 16.3. The molecule has 1 aliphatic rings. The molecular weight excluding hydrogens is 371 g/mol. The summed E-state index contributed by atoms with van der Waals surface area (Å²) in [5.74, 6) is -0.801. The summed E-state index contributed by atoms with van der Waals surface area (Å²) in [6.07, 6.45) is 4.62. The fourth-order valence-corrected chi connectivity index (χ4v) is 3.73. The molecule has 4 rings (SSSR count). The second kappa shape index (κ2) is 8.03. The van der Waals surface area contributed by atoms with Gasteiger partial charge in [0.15, 0.2) is 0 Å². The van der Waals surface area contributed by atoms with Crippen LogP contribution in [-0.4, -0.2) is 32.6 Å². The van der Waals surface area contributed by atoms with Gasteiger partial charge >= 0.3 is 0 Å². The van der Waals surface area contributed by atoms with Gasteiger partial charge in [-0.15, -0.1) is 0 Å². The maximum Gasteiger partial charge on any atom is 0.225 e. The van der Waals surface area contributed by atoms with E-state index in [2.05, 4.69) is 10.3 Å². The lowest BCUT2D eigenvalue weighted by molar-refractivity contribution is -0.139. The number of aryl methyl sites for hydroxylation is 1. The molecule has 1 atom stereocenters. The van der Waals surface area contributed by atoms with Crippen molar-refractivity contribution in [2.45, 2.75) is 32.9 Å². The van der Waals surface area contributed by atoms with E-state index in [4.69, 9.17) is 0 Å². The summed E-state index contributed by atoms with van der Waals surface area (Å²) in [6, 6.07) is 10.4. The van der Waals surface area contributed by atoms with Gasteiger partial charge in [0.25, 0.3) is 0 Å². The summed E-state index contributed by atoms with van der Waals surface area (Å²) in [6.45, 7) is 2.80. The first-order valence-corrected chi connectivity index (χ1v) is 9.73. The monoisotopic (exact) mass is 394 g/mol. The molecule has 3 aromatic rings. The Morgan fingerprint density at radius 2 is 2.10 bits per heavy atom. The van der Waals surface area contributed by atoms with E-state index in [1.165, 1.54) is 6.07 Å². The average molecular weight is 394 g/mol. The second-order valence-corrected chi connectivity index (χ2v) is 7.47. The zero-order chi connectivity index (χ0) is 20.4. The van der Waals surface area contributed by atoms with Crippen LogP contribution in [0, 0.1) is 18.7 Å². The fraction of sp³-hybridized carbons (Fsp3) is 0.318. The van der Waals surface area contributed by atoms with Crippen molar-refractivity contribution in [3.8, 4) is 0 Å². The Morgan fingerprint density at radius 1 is 1.28 bits per heavy atom. The number of carbonyl (C=O) groups excluding carboxylic acids is 2. The van der Waals surface area contributed by atoms with Crippen LogP contribution in [0.1, 0.15) is 29.7 Å². The van der Waals surface area contributed by atoms with Crippen LogP contribution in [0.15, 0.2) is 48.8 Å². The molecule has 1 aliphatic heterocycles. The highest BCUT2D eigenvalue weighted by Gasteiger charge is 2.30. The number of hydrogen-bond donors (Lipinski definition) is 1. The van der Waals surface area contributed by atoms with Crippen molar-refractivity contribution >= 4 is 17.5 Å².